The number of benzene rings is 2. The summed E-state index contributed by atoms with van der Waals surface area (Å²) in [6, 6.07) is 15.2. The number of H-pyrrole nitrogens is 2. The van der Waals surface area contributed by atoms with E-state index in [-0.39, 0.29) is 5.82 Å². The quantitative estimate of drug-likeness (QED) is 0.222. The normalized spacial score (nSPS) is 11.8. The lowest BCUT2D eigenvalue weighted by Gasteiger charge is -2.13. The average Bonchev–Trinajstić information content (AvgIpc) is 3.56. The third-order valence-corrected chi connectivity index (χ3v) is 6.90. The van der Waals surface area contributed by atoms with Gasteiger partial charge in [-0.05, 0) is 87.3 Å². The van der Waals surface area contributed by atoms with E-state index in [0.29, 0.717) is 23.7 Å². The Bertz CT molecular complexity index is 1840. The second kappa shape index (κ2) is 11.1. The highest BCUT2D eigenvalue weighted by molar-refractivity contribution is 5.97. The topological polar surface area (TPSA) is 102 Å². The molecular formula is C31H32FN9. The number of nitrogens with zero attached hydrogens (tertiary/aromatic N) is 6. The largest absolute Gasteiger partial charge is 0.384 e. The summed E-state index contributed by atoms with van der Waals surface area (Å²) in [4.78, 5) is 21.3. The Labute approximate surface area is 237 Å². The van der Waals surface area contributed by atoms with E-state index in [4.69, 9.17) is 4.98 Å². The van der Waals surface area contributed by atoms with Crippen LogP contribution in [0.5, 0.6) is 0 Å². The van der Waals surface area contributed by atoms with Crippen molar-refractivity contribution >= 4 is 27.8 Å². The molecule has 0 atom stereocenters. The molecule has 10 heteroatoms. The number of anilines is 1. The molecule has 6 rings (SSSR count). The molecule has 0 aliphatic carbocycles. The molecule has 0 saturated heterocycles. The molecule has 0 fully saturated rings. The van der Waals surface area contributed by atoms with Gasteiger partial charge in [-0.1, -0.05) is 6.07 Å². The molecule has 0 bridgehead atoms. The number of aromatic nitrogens is 6. The van der Waals surface area contributed by atoms with Gasteiger partial charge in [0.25, 0.3) is 0 Å². The van der Waals surface area contributed by atoms with E-state index in [9.17, 15) is 4.39 Å². The Morgan fingerprint density at radius 2 is 1.78 bits per heavy atom. The summed E-state index contributed by atoms with van der Waals surface area (Å²) in [5.74, 6) is 0.276. The first-order valence-electron chi connectivity index (χ1n) is 13.5. The van der Waals surface area contributed by atoms with Crippen molar-refractivity contribution in [1.29, 1.82) is 0 Å². The molecule has 208 valence electrons. The number of imidazole rings is 1. The second-order valence-corrected chi connectivity index (χ2v) is 10.8. The van der Waals surface area contributed by atoms with E-state index in [0.717, 1.165) is 63.0 Å². The molecule has 0 aliphatic rings. The van der Waals surface area contributed by atoms with Gasteiger partial charge in [0.05, 0.1) is 11.0 Å². The molecule has 0 spiro atoms. The van der Waals surface area contributed by atoms with Gasteiger partial charge in [0.15, 0.2) is 11.5 Å². The van der Waals surface area contributed by atoms with Crippen LogP contribution < -0.4 is 5.32 Å². The maximum atomic E-state index is 14.7. The maximum absolute atomic E-state index is 14.7. The minimum absolute atomic E-state index is 0.311. The van der Waals surface area contributed by atoms with Gasteiger partial charge in [0, 0.05) is 60.4 Å². The molecule has 4 heterocycles. The lowest BCUT2D eigenvalue weighted by Crippen LogP contribution is -2.20. The van der Waals surface area contributed by atoms with E-state index < -0.39 is 0 Å². The third-order valence-electron chi connectivity index (χ3n) is 6.90. The van der Waals surface area contributed by atoms with Gasteiger partial charge >= 0.3 is 0 Å². The summed E-state index contributed by atoms with van der Waals surface area (Å²) in [5.41, 5.74) is 8.34. The highest BCUT2D eigenvalue weighted by Gasteiger charge is 2.17. The van der Waals surface area contributed by atoms with Gasteiger partial charge in [-0.15, -0.1) is 0 Å². The Morgan fingerprint density at radius 1 is 0.902 bits per heavy atom. The first-order chi connectivity index (χ1) is 19.8. The van der Waals surface area contributed by atoms with Crippen molar-refractivity contribution in [3.63, 3.8) is 0 Å². The lowest BCUT2D eigenvalue weighted by molar-refractivity contribution is 0.402. The van der Waals surface area contributed by atoms with Gasteiger partial charge < -0.3 is 20.1 Å². The summed E-state index contributed by atoms with van der Waals surface area (Å²) < 4.78 is 14.7. The molecule has 0 amide bonds. The van der Waals surface area contributed by atoms with E-state index in [2.05, 4.69) is 58.5 Å². The number of pyridine rings is 2. The minimum atomic E-state index is -0.311. The molecule has 0 saturated carbocycles. The zero-order valence-electron chi connectivity index (χ0n) is 23.5. The highest BCUT2D eigenvalue weighted by Crippen LogP contribution is 2.33. The monoisotopic (exact) mass is 549 g/mol. The summed E-state index contributed by atoms with van der Waals surface area (Å²) in [5, 5.41) is 11.9. The van der Waals surface area contributed by atoms with Crippen molar-refractivity contribution < 1.29 is 4.39 Å². The molecule has 0 unspecified atom stereocenters. The summed E-state index contributed by atoms with van der Waals surface area (Å²) >= 11 is 0. The number of halogens is 1. The van der Waals surface area contributed by atoms with E-state index >= 15 is 0 Å². The fourth-order valence-corrected chi connectivity index (χ4v) is 5.01. The van der Waals surface area contributed by atoms with Gasteiger partial charge in [-0.3, -0.25) is 10.1 Å². The maximum Gasteiger partial charge on any atom is 0.178 e. The fourth-order valence-electron chi connectivity index (χ4n) is 5.01. The second-order valence-electron chi connectivity index (χ2n) is 10.8. The number of rotatable bonds is 9. The standard InChI is InChI=1S/C31H32FN9/c1-40(2)10-9-34-24-13-21(12-23(32)15-24)25-7-8-35-30-28(25)36-31(37-30)29-26-14-20(5-6-27(26)38-39-29)22-11-19(16-33-17-22)18-41(3)4/h5-8,11-17,34H,9-10,18H2,1-4H3,(H,38,39)(H,35,36,37). The van der Waals surface area contributed by atoms with Crippen molar-refractivity contribution in [2.24, 2.45) is 0 Å². The van der Waals surface area contributed by atoms with Crippen LogP contribution in [0.15, 0.2) is 67.1 Å². The van der Waals surface area contributed by atoms with Crippen molar-refractivity contribution in [3.05, 3.63) is 78.5 Å². The van der Waals surface area contributed by atoms with Crippen LogP contribution in [-0.2, 0) is 6.54 Å². The Kier molecular flexibility index (Phi) is 7.17. The predicted octanol–water partition coefficient (Wildman–Crippen LogP) is 5.40. The molecule has 9 nitrogen and oxygen atoms in total. The number of aromatic amines is 2. The van der Waals surface area contributed by atoms with E-state index in [1.165, 1.54) is 12.1 Å². The zero-order chi connectivity index (χ0) is 28.5. The zero-order valence-corrected chi connectivity index (χ0v) is 23.5. The van der Waals surface area contributed by atoms with Crippen LogP contribution in [0.1, 0.15) is 5.56 Å². The number of hydrogen-bond donors (Lipinski definition) is 3. The van der Waals surface area contributed by atoms with Crippen LogP contribution in [-0.4, -0.2) is 81.2 Å². The Morgan fingerprint density at radius 3 is 2.61 bits per heavy atom. The van der Waals surface area contributed by atoms with Gasteiger partial charge in [0.2, 0.25) is 0 Å². The molecule has 3 N–H and O–H groups in total. The summed E-state index contributed by atoms with van der Waals surface area (Å²) in [7, 11) is 8.10. The van der Waals surface area contributed by atoms with Crippen molar-refractivity contribution in [3.8, 4) is 33.8 Å². The SMILES string of the molecule is CN(C)CCNc1cc(F)cc(-c2ccnc3nc(-c4n[nH]c5ccc(-c6cncc(CN(C)C)c6)cc45)[nH]c23)c1. The predicted molar refractivity (Wildman–Crippen MR) is 162 cm³/mol. The van der Waals surface area contributed by atoms with E-state index in [1.54, 1.807) is 6.20 Å². The van der Waals surface area contributed by atoms with Gasteiger partial charge in [-0.25, -0.2) is 14.4 Å². The number of likely N-dealkylation sites (N-methyl/N-ethyl adjacent to an activating group) is 1. The molecule has 0 aliphatic heterocycles. The Hall–Kier alpha value is -4.67. The molecule has 0 radical (unpaired) electrons. The first kappa shape index (κ1) is 26.5. The molecule has 41 heavy (non-hydrogen) atoms. The number of hydrogen-bond acceptors (Lipinski definition) is 7. The van der Waals surface area contributed by atoms with Crippen molar-refractivity contribution in [2.45, 2.75) is 6.54 Å². The van der Waals surface area contributed by atoms with Crippen LogP contribution in [0.3, 0.4) is 0 Å². The average molecular weight is 550 g/mol. The van der Waals surface area contributed by atoms with Crippen LogP contribution in [0.4, 0.5) is 10.1 Å². The first-order valence-corrected chi connectivity index (χ1v) is 13.5. The lowest BCUT2D eigenvalue weighted by atomic mass is 10.0. The van der Waals surface area contributed by atoms with Crippen LogP contribution in [0, 0.1) is 5.82 Å². The van der Waals surface area contributed by atoms with Crippen molar-refractivity contribution in [2.75, 3.05) is 46.6 Å². The Balaban J connectivity index is 1.37. The highest BCUT2D eigenvalue weighted by atomic mass is 19.1. The molecule has 4 aromatic heterocycles. The summed E-state index contributed by atoms with van der Waals surface area (Å²) in [6.07, 6.45) is 5.46. The summed E-state index contributed by atoms with van der Waals surface area (Å²) in [6.45, 7) is 2.36. The van der Waals surface area contributed by atoms with Crippen LogP contribution in [0.25, 0.3) is 55.8 Å². The van der Waals surface area contributed by atoms with Gasteiger partial charge in [0.1, 0.15) is 11.5 Å². The number of fused-ring (bicyclic) bond motifs is 2. The van der Waals surface area contributed by atoms with Crippen LogP contribution >= 0.6 is 0 Å². The molecular weight excluding hydrogens is 517 g/mol. The number of nitrogens with one attached hydrogen (secondary N) is 3. The minimum Gasteiger partial charge on any atom is -0.384 e. The van der Waals surface area contributed by atoms with E-state index in [1.807, 2.05) is 58.8 Å². The molecule has 2 aromatic carbocycles. The third kappa shape index (κ3) is 5.65. The van der Waals surface area contributed by atoms with Gasteiger partial charge in [-0.2, -0.15) is 5.10 Å². The van der Waals surface area contributed by atoms with Crippen LogP contribution in [0.2, 0.25) is 0 Å². The molecule has 6 aromatic rings. The fraction of sp³-hybridized carbons (Fsp3) is 0.226. The van der Waals surface area contributed by atoms with Crippen molar-refractivity contribution in [1.82, 2.24) is 39.9 Å². The smallest absolute Gasteiger partial charge is 0.178 e.